The molecule has 3 atom stereocenters. The lowest BCUT2D eigenvalue weighted by molar-refractivity contribution is -0.145. The summed E-state index contributed by atoms with van der Waals surface area (Å²) in [5, 5.41) is 18.3. The van der Waals surface area contributed by atoms with Gasteiger partial charge in [0, 0.05) is 12.4 Å². The van der Waals surface area contributed by atoms with E-state index in [9.17, 15) is 9.90 Å². The van der Waals surface area contributed by atoms with E-state index in [1.807, 2.05) is 0 Å². The predicted octanol–water partition coefficient (Wildman–Crippen LogP) is -0.817. The molecule has 1 aliphatic heterocycles. The Morgan fingerprint density at radius 2 is 2.21 bits per heavy atom. The number of aromatic nitrogens is 1. The first-order valence-corrected chi connectivity index (χ1v) is 4.25. The van der Waals surface area contributed by atoms with E-state index in [-0.39, 0.29) is 0 Å². The average Bonchev–Trinajstić information content (AvgIpc) is 2.70. The summed E-state index contributed by atoms with van der Waals surface area (Å²) >= 11 is 0. The van der Waals surface area contributed by atoms with Crippen molar-refractivity contribution in [3.8, 4) is 0 Å². The molecule has 0 bridgehead atoms. The number of carboxylic acids is 1. The first kappa shape index (κ1) is 9.20. The molecule has 14 heavy (non-hydrogen) atoms. The molecular formula is C8H11N3O3. The monoisotopic (exact) mass is 197 g/mol. The van der Waals surface area contributed by atoms with Crippen LogP contribution >= 0.6 is 0 Å². The second-order valence-corrected chi connectivity index (χ2v) is 3.22. The van der Waals surface area contributed by atoms with Crippen LogP contribution in [0.4, 0.5) is 0 Å². The number of aliphatic hydroxyl groups excluding tert-OH is 1. The second-order valence-electron chi connectivity index (χ2n) is 3.22. The molecule has 3 unspecified atom stereocenters. The van der Waals surface area contributed by atoms with E-state index in [0.29, 0.717) is 0 Å². The standard InChI is InChI=1S/C8H11N3O3/c12-7-5(8(13)14)6(10-11-7)4-1-2-9-3-4/h1-3,5-7,9-12H,(H,13,14). The molecule has 0 aromatic carbocycles. The summed E-state index contributed by atoms with van der Waals surface area (Å²) in [7, 11) is 0. The van der Waals surface area contributed by atoms with Gasteiger partial charge in [-0.2, -0.15) is 0 Å². The molecule has 0 saturated carbocycles. The van der Waals surface area contributed by atoms with Gasteiger partial charge in [0.1, 0.15) is 12.1 Å². The molecule has 76 valence electrons. The van der Waals surface area contributed by atoms with Crippen molar-refractivity contribution in [1.82, 2.24) is 15.8 Å². The first-order chi connectivity index (χ1) is 6.70. The van der Waals surface area contributed by atoms with Crippen LogP contribution in [0.25, 0.3) is 0 Å². The number of aliphatic hydroxyl groups is 1. The van der Waals surface area contributed by atoms with Crippen LogP contribution in [0.1, 0.15) is 11.6 Å². The Kier molecular flexibility index (Phi) is 2.24. The summed E-state index contributed by atoms with van der Waals surface area (Å²) in [5.74, 6) is -1.90. The van der Waals surface area contributed by atoms with Crippen LogP contribution in [0.5, 0.6) is 0 Å². The van der Waals surface area contributed by atoms with E-state index < -0.39 is 24.2 Å². The van der Waals surface area contributed by atoms with Crippen LogP contribution in [-0.2, 0) is 4.79 Å². The fraction of sp³-hybridized carbons (Fsp3) is 0.375. The van der Waals surface area contributed by atoms with Crippen molar-refractivity contribution in [2.75, 3.05) is 0 Å². The first-order valence-electron chi connectivity index (χ1n) is 4.25. The number of aromatic amines is 1. The van der Waals surface area contributed by atoms with Gasteiger partial charge in [0.25, 0.3) is 0 Å². The lowest BCUT2D eigenvalue weighted by Gasteiger charge is -2.14. The maximum absolute atomic E-state index is 10.9. The van der Waals surface area contributed by atoms with Crippen molar-refractivity contribution in [2.45, 2.75) is 12.3 Å². The molecule has 2 heterocycles. The minimum absolute atomic E-state index is 0.409. The molecule has 2 rings (SSSR count). The molecule has 1 aromatic rings. The minimum atomic E-state index is -1.06. The number of H-pyrrole nitrogens is 1. The van der Waals surface area contributed by atoms with Gasteiger partial charge in [-0.3, -0.25) is 4.79 Å². The Bertz CT molecular complexity index is 325. The number of hydrogen-bond donors (Lipinski definition) is 5. The summed E-state index contributed by atoms with van der Waals surface area (Å²) in [6, 6.07) is 1.36. The van der Waals surface area contributed by atoms with Crippen molar-refractivity contribution in [3.63, 3.8) is 0 Å². The maximum atomic E-state index is 10.9. The van der Waals surface area contributed by atoms with Crippen molar-refractivity contribution < 1.29 is 15.0 Å². The van der Waals surface area contributed by atoms with E-state index in [1.54, 1.807) is 18.5 Å². The van der Waals surface area contributed by atoms with Crippen molar-refractivity contribution >= 4 is 5.97 Å². The minimum Gasteiger partial charge on any atom is -0.481 e. The highest BCUT2D eigenvalue weighted by Crippen LogP contribution is 2.27. The molecule has 1 saturated heterocycles. The van der Waals surface area contributed by atoms with Crippen LogP contribution in [0.3, 0.4) is 0 Å². The zero-order chi connectivity index (χ0) is 10.1. The summed E-state index contributed by atoms with van der Waals surface area (Å²) in [6.45, 7) is 0. The highest BCUT2D eigenvalue weighted by atomic mass is 16.4. The molecular weight excluding hydrogens is 186 g/mol. The molecule has 0 spiro atoms. The largest absolute Gasteiger partial charge is 0.481 e. The van der Waals surface area contributed by atoms with Gasteiger partial charge in [-0.15, -0.1) is 0 Å². The molecule has 1 fully saturated rings. The van der Waals surface area contributed by atoms with E-state index in [4.69, 9.17) is 5.11 Å². The van der Waals surface area contributed by atoms with Crippen molar-refractivity contribution in [3.05, 3.63) is 24.0 Å². The molecule has 0 amide bonds. The third-order valence-corrected chi connectivity index (χ3v) is 2.35. The van der Waals surface area contributed by atoms with Gasteiger partial charge in [0.15, 0.2) is 0 Å². The van der Waals surface area contributed by atoms with Gasteiger partial charge < -0.3 is 15.2 Å². The van der Waals surface area contributed by atoms with E-state index in [2.05, 4.69) is 15.8 Å². The number of aliphatic carboxylic acids is 1. The highest BCUT2D eigenvalue weighted by Gasteiger charge is 2.41. The van der Waals surface area contributed by atoms with Gasteiger partial charge in [-0.25, -0.2) is 10.9 Å². The molecule has 0 aliphatic carbocycles. The molecule has 1 aliphatic rings. The summed E-state index contributed by atoms with van der Waals surface area (Å²) < 4.78 is 0. The predicted molar refractivity (Wildman–Crippen MR) is 46.9 cm³/mol. The molecule has 6 heteroatoms. The molecule has 0 radical (unpaired) electrons. The Labute approximate surface area is 79.9 Å². The van der Waals surface area contributed by atoms with Gasteiger partial charge in [0.2, 0.25) is 0 Å². The average molecular weight is 197 g/mol. The van der Waals surface area contributed by atoms with Crippen LogP contribution in [0.15, 0.2) is 18.5 Å². The fourth-order valence-corrected chi connectivity index (χ4v) is 1.64. The zero-order valence-corrected chi connectivity index (χ0v) is 7.27. The van der Waals surface area contributed by atoms with Gasteiger partial charge >= 0.3 is 5.97 Å². The molecule has 1 aromatic heterocycles. The molecule has 5 N–H and O–H groups in total. The number of hydrogen-bond acceptors (Lipinski definition) is 4. The summed E-state index contributed by atoms with van der Waals surface area (Å²) in [6.07, 6.45) is 2.35. The van der Waals surface area contributed by atoms with Crippen molar-refractivity contribution in [2.24, 2.45) is 5.92 Å². The molecule has 6 nitrogen and oxygen atoms in total. The van der Waals surface area contributed by atoms with Crippen LogP contribution in [-0.4, -0.2) is 27.4 Å². The number of nitrogens with one attached hydrogen (secondary N) is 3. The third kappa shape index (κ3) is 1.39. The fourth-order valence-electron chi connectivity index (χ4n) is 1.64. The van der Waals surface area contributed by atoms with Gasteiger partial charge in [-0.05, 0) is 11.6 Å². The second kappa shape index (κ2) is 3.41. The summed E-state index contributed by atoms with van der Waals surface area (Å²) in [5.41, 5.74) is 6.05. The smallest absolute Gasteiger partial charge is 0.312 e. The quantitative estimate of drug-likeness (QED) is 0.427. The Morgan fingerprint density at radius 1 is 1.43 bits per heavy atom. The van der Waals surface area contributed by atoms with Crippen molar-refractivity contribution in [1.29, 1.82) is 0 Å². The summed E-state index contributed by atoms with van der Waals surface area (Å²) in [4.78, 5) is 13.7. The van der Waals surface area contributed by atoms with E-state index in [0.717, 1.165) is 5.56 Å². The Balaban J connectivity index is 2.24. The number of carbonyl (C=O) groups is 1. The number of hydrazine groups is 1. The van der Waals surface area contributed by atoms with E-state index in [1.165, 1.54) is 0 Å². The lowest BCUT2D eigenvalue weighted by atomic mass is 9.96. The number of rotatable bonds is 2. The Morgan fingerprint density at radius 3 is 2.79 bits per heavy atom. The van der Waals surface area contributed by atoms with Crippen LogP contribution < -0.4 is 10.9 Å². The topological polar surface area (TPSA) is 97.4 Å². The van der Waals surface area contributed by atoms with E-state index >= 15 is 0 Å². The van der Waals surface area contributed by atoms with Gasteiger partial charge in [0.05, 0.1) is 6.04 Å². The van der Waals surface area contributed by atoms with Crippen LogP contribution in [0, 0.1) is 5.92 Å². The number of carboxylic acid groups (broad SMARTS) is 1. The normalized spacial score (nSPS) is 31.9. The SMILES string of the molecule is O=C(O)C1C(O)NNC1c1cc[nH]c1. The highest BCUT2D eigenvalue weighted by molar-refractivity contribution is 5.72. The van der Waals surface area contributed by atoms with Crippen LogP contribution in [0.2, 0.25) is 0 Å². The maximum Gasteiger partial charge on any atom is 0.312 e. The Hall–Kier alpha value is -1.37. The van der Waals surface area contributed by atoms with Gasteiger partial charge in [-0.1, -0.05) is 0 Å². The zero-order valence-electron chi connectivity index (χ0n) is 7.27. The third-order valence-electron chi connectivity index (χ3n) is 2.35. The lowest BCUT2D eigenvalue weighted by Crippen LogP contribution is -2.33.